The fourth-order valence-corrected chi connectivity index (χ4v) is 1.24. The molecule has 0 aliphatic heterocycles. The minimum Gasteiger partial charge on any atom is -0.464 e. The first-order valence-electron chi connectivity index (χ1n) is 6.21. The van der Waals surface area contributed by atoms with Crippen LogP contribution in [0.1, 0.15) is 46.5 Å². The third-order valence-electron chi connectivity index (χ3n) is 2.21. The molecule has 0 aromatic carbocycles. The summed E-state index contributed by atoms with van der Waals surface area (Å²) >= 11 is 0. The maximum Gasteiger partial charge on any atom is 0.407 e. The molecule has 0 aliphatic rings. The Bertz CT molecular complexity index is 231. The molecule has 100 valence electrons. The van der Waals surface area contributed by atoms with Gasteiger partial charge in [-0.05, 0) is 20.3 Å². The number of unbranched alkanes of at least 4 members (excludes halogenated alkanes) is 3. The van der Waals surface area contributed by atoms with Crippen molar-refractivity contribution in [1.29, 1.82) is 0 Å². The second-order valence-corrected chi connectivity index (χ2v) is 3.81. The van der Waals surface area contributed by atoms with Crippen molar-refractivity contribution in [3.63, 3.8) is 0 Å². The van der Waals surface area contributed by atoms with Gasteiger partial charge in [0.25, 0.3) is 0 Å². The molecular weight excluding hydrogens is 222 g/mol. The Morgan fingerprint density at radius 1 is 1.12 bits per heavy atom. The van der Waals surface area contributed by atoms with E-state index in [9.17, 15) is 9.59 Å². The van der Waals surface area contributed by atoms with Gasteiger partial charge >= 0.3 is 12.1 Å². The molecule has 1 amide bonds. The monoisotopic (exact) mass is 245 g/mol. The van der Waals surface area contributed by atoms with E-state index in [4.69, 9.17) is 4.74 Å². The van der Waals surface area contributed by atoms with E-state index < -0.39 is 18.1 Å². The predicted molar refractivity (Wildman–Crippen MR) is 64.7 cm³/mol. The maximum absolute atomic E-state index is 11.4. The van der Waals surface area contributed by atoms with E-state index in [-0.39, 0.29) is 6.61 Å². The zero-order valence-electron chi connectivity index (χ0n) is 11.0. The average molecular weight is 245 g/mol. The second-order valence-electron chi connectivity index (χ2n) is 3.81. The van der Waals surface area contributed by atoms with Crippen LogP contribution in [0.4, 0.5) is 4.79 Å². The molecule has 0 aromatic heterocycles. The van der Waals surface area contributed by atoms with Crippen LogP contribution in [0.3, 0.4) is 0 Å². The minimum atomic E-state index is -0.666. The van der Waals surface area contributed by atoms with Gasteiger partial charge in [0, 0.05) is 0 Å². The lowest BCUT2D eigenvalue weighted by Crippen LogP contribution is -2.39. The van der Waals surface area contributed by atoms with Crippen LogP contribution < -0.4 is 5.32 Å². The molecule has 5 heteroatoms. The van der Waals surface area contributed by atoms with E-state index in [1.54, 1.807) is 13.8 Å². The highest BCUT2D eigenvalue weighted by Gasteiger charge is 2.16. The normalized spacial score (nSPS) is 11.7. The molecule has 0 rings (SSSR count). The van der Waals surface area contributed by atoms with Crippen LogP contribution in [0.25, 0.3) is 0 Å². The zero-order valence-corrected chi connectivity index (χ0v) is 11.0. The number of carbonyl (C=O) groups is 2. The Labute approximate surface area is 103 Å². The van der Waals surface area contributed by atoms with Gasteiger partial charge < -0.3 is 14.8 Å². The summed E-state index contributed by atoms with van der Waals surface area (Å²) in [6.45, 7) is 6.09. The van der Waals surface area contributed by atoms with Crippen LogP contribution in [-0.4, -0.2) is 31.3 Å². The third-order valence-corrected chi connectivity index (χ3v) is 2.21. The van der Waals surface area contributed by atoms with Crippen molar-refractivity contribution in [2.45, 2.75) is 52.5 Å². The van der Waals surface area contributed by atoms with Crippen molar-refractivity contribution in [2.24, 2.45) is 0 Å². The number of carbonyl (C=O) groups excluding carboxylic acids is 2. The lowest BCUT2D eigenvalue weighted by Gasteiger charge is -2.12. The molecule has 0 radical (unpaired) electrons. The fraction of sp³-hybridized carbons (Fsp3) is 0.833. The Morgan fingerprint density at radius 3 is 2.41 bits per heavy atom. The lowest BCUT2D eigenvalue weighted by molar-refractivity contribution is -0.145. The van der Waals surface area contributed by atoms with Crippen LogP contribution in [0, 0.1) is 0 Å². The topological polar surface area (TPSA) is 64.6 Å². The van der Waals surface area contributed by atoms with Crippen molar-refractivity contribution in [3.8, 4) is 0 Å². The largest absolute Gasteiger partial charge is 0.464 e. The zero-order chi connectivity index (χ0) is 13.1. The van der Waals surface area contributed by atoms with Crippen molar-refractivity contribution in [1.82, 2.24) is 5.32 Å². The molecule has 0 fully saturated rings. The summed E-state index contributed by atoms with van der Waals surface area (Å²) in [7, 11) is 0. The number of rotatable bonds is 8. The molecular formula is C12H23NO4. The first-order valence-corrected chi connectivity index (χ1v) is 6.21. The molecule has 0 aliphatic carbocycles. The summed E-state index contributed by atoms with van der Waals surface area (Å²) < 4.78 is 9.68. The molecule has 0 aromatic rings. The summed E-state index contributed by atoms with van der Waals surface area (Å²) in [6, 6.07) is -0.666. The van der Waals surface area contributed by atoms with E-state index in [1.807, 2.05) is 0 Å². The van der Waals surface area contributed by atoms with E-state index >= 15 is 0 Å². The quantitative estimate of drug-likeness (QED) is 0.526. The predicted octanol–water partition coefficient (Wildman–Crippen LogP) is 2.24. The van der Waals surface area contributed by atoms with E-state index in [2.05, 4.69) is 17.0 Å². The highest BCUT2D eigenvalue weighted by Crippen LogP contribution is 2.00. The van der Waals surface area contributed by atoms with Crippen LogP contribution in [0.15, 0.2) is 0 Å². The van der Waals surface area contributed by atoms with Crippen LogP contribution >= 0.6 is 0 Å². The molecule has 0 heterocycles. The van der Waals surface area contributed by atoms with E-state index in [0.29, 0.717) is 6.61 Å². The molecule has 0 saturated carbocycles. The number of hydrogen-bond donors (Lipinski definition) is 1. The maximum atomic E-state index is 11.4. The molecule has 17 heavy (non-hydrogen) atoms. The van der Waals surface area contributed by atoms with Crippen LogP contribution in [0.2, 0.25) is 0 Å². The second kappa shape index (κ2) is 9.93. The molecule has 0 saturated heterocycles. The molecule has 5 nitrogen and oxygen atoms in total. The Hall–Kier alpha value is -1.26. The van der Waals surface area contributed by atoms with Gasteiger partial charge in [0.1, 0.15) is 6.04 Å². The first kappa shape index (κ1) is 15.7. The lowest BCUT2D eigenvalue weighted by atomic mass is 10.2. The minimum absolute atomic E-state index is 0.282. The molecule has 1 atom stereocenters. The average Bonchev–Trinajstić information content (AvgIpc) is 2.28. The highest BCUT2D eigenvalue weighted by atomic mass is 16.6. The summed E-state index contributed by atoms with van der Waals surface area (Å²) in [6.07, 6.45) is 3.63. The Kier molecular flexibility index (Phi) is 9.19. The van der Waals surface area contributed by atoms with Gasteiger partial charge in [-0.3, -0.25) is 0 Å². The van der Waals surface area contributed by atoms with Gasteiger partial charge in [0.2, 0.25) is 0 Å². The number of alkyl carbamates (subject to hydrolysis) is 1. The summed E-state index contributed by atoms with van der Waals surface area (Å²) in [5.74, 6) is -0.422. The van der Waals surface area contributed by atoms with Gasteiger partial charge in [0.15, 0.2) is 0 Å². The van der Waals surface area contributed by atoms with Gasteiger partial charge in [-0.2, -0.15) is 0 Å². The number of amides is 1. The first-order chi connectivity index (χ1) is 8.11. The standard InChI is InChI=1S/C12H23NO4/c1-4-6-7-8-9-17-11(14)10(3)13-12(15)16-5-2/h10H,4-9H2,1-3H3,(H,13,15)/t10-/m0/s1. The third kappa shape index (κ3) is 8.54. The van der Waals surface area contributed by atoms with Crippen molar-refractivity contribution in [2.75, 3.05) is 13.2 Å². The fourth-order valence-electron chi connectivity index (χ4n) is 1.24. The summed E-state index contributed by atoms with van der Waals surface area (Å²) in [5.41, 5.74) is 0. The van der Waals surface area contributed by atoms with Crippen LogP contribution in [0.5, 0.6) is 0 Å². The van der Waals surface area contributed by atoms with Gasteiger partial charge in [-0.25, -0.2) is 9.59 Å². The summed E-state index contributed by atoms with van der Waals surface area (Å²) in [4.78, 5) is 22.5. The number of nitrogens with one attached hydrogen (secondary N) is 1. The van der Waals surface area contributed by atoms with Gasteiger partial charge in [-0.1, -0.05) is 26.2 Å². The number of ether oxygens (including phenoxy) is 2. The number of esters is 1. The Balaban J connectivity index is 3.63. The van der Waals surface area contributed by atoms with E-state index in [1.165, 1.54) is 0 Å². The van der Waals surface area contributed by atoms with Crippen molar-refractivity contribution < 1.29 is 19.1 Å². The summed E-state index contributed by atoms with van der Waals surface area (Å²) in [5, 5.41) is 2.40. The van der Waals surface area contributed by atoms with Gasteiger partial charge in [0.05, 0.1) is 13.2 Å². The van der Waals surface area contributed by atoms with Gasteiger partial charge in [-0.15, -0.1) is 0 Å². The van der Waals surface area contributed by atoms with Crippen molar-refractivity contribution >= 4 is 12.1 Å². The van der Waals surface area contributed by atoms with E-state index in [0.717, 1.165) is 25.7 Å². The highest BCUT2D eigenvalue weighted by molar-refractivity contribution is 5.80. The SMILES string of the molecule is CCCCCCOC(=O)[C@H](C)NC(=O)OCC. The van der Waals surface area contributed by atoms with Crippen LogP contribution in [-0.2, 0) is 14.3 Å². The Morgan fingerprint density at radius 2 is 1.82 bits per heavy atom. The molecule has 0 bridgehead atoms. The number of hydrogen-bond acceptors (Lipinski definition) is 4. The molecule has 0 spiro atoms. The van der Waals surface area contributed by atoms with Crippen molar-refractivity contribution in [3.05, 3.63) is 0 Å². The smallest absolute Gasteiger partial charge is 0.407 e. The molecule has 1 N–H and O–H groups in total. The molecule has 0 unspecified atom stereocenters.